The summed E-state index contributed by atoms with van der Waals surface area (Å²) in [6.07, 6.45) is 0. The molecule has 0 amide bonds. The Bertz CT molecular complexity index is 757. The highest BCUT2D eigenvalue weighted by Crippen LogP contribution is 2.31. The Hall–Kier alpha value is -1.25. The zero-order valence-electron chi connectivity index (χ0n) is 12.0. The monoisotopic (exact) mass is 390 g/mol. The zero-order chi connectivity index (χ0) is 16.3. The molecule has 0 atom stereocenters. The fourth-order valence-electron chi connectivity index (χ4n) is 2.07. The van der Waals surface area contributed by atoms with Crippen LogP contribution in [0.15, 0.2) is 28.7 Å². The van der Waals surface area contributed by atoms with Gasteiger partial charge in [0.2, 0.25) is 0 Å². The average Bonchev–Trinajstić information content (AvgIpc) is 2.73. The van der Waals surface area contributed by atoms with E-state index in [4.69, 9.17) is 5.11 Å². The Morgan fingerprint density at radius 1 is 1.27 bits per heavy atom. The number of benzene rings is 1. The van der Waals surface area contributed by atoms with Crippen LogP contribution in [0.4, 0.5) is 4.39 Å². The van der Waals surface area contributed by atoms with E-state index in [0.717, 1.165) is 15.7 Å². The van der Waals surface area contributed by atoms with Gasteiger partial charge in [0.1, 0.15) is 5.82 Å². The lowest BCUT2D eigenvalue weighted by molar-refractivity contribution is 0.319. The number of nitrogens with zero attached hydrogens (tertiary/aromatic N) is 2. The van der Waals surface area contributed by atoms with Gasteiger partial charge in [0.25, 0.3) is 0 Å². The zero-order valence-corrected chi connectivity index (χ0v) is 14.4. The minimum absolute atomic E-state index is 0.116. The van der Waals surface area contributed by atoms with Crippen LogP contribution in [0.25, 0.3) is 11.3 Å². The molecule has 0 aliphatic rings. The molecule has 1 aromatic heterocycles. The summed E-state index contributed by atoms with van der Waals surface area (Å²) in [5, 5.41) is 13.1. The number of aromatic nitrogens is 2. The van der Waals surface area contributed by atoms with E-state index in [1.807, 2.05) is 0 Å². The molecule has 2 aromatic rings. The number of hydrogen-bond donors (Lipinski definition) is 1. The Morgan fingerprint density at radius 2 is 1.91 bits per heavy atom. The normalized spacial score (nSPS) is 11.8. The molecule has 0 saturated heterocycles. The van der Waals surface area contributed by atoms with E-state index in [1.165, 1.54) is 12.1 Å². The fraction of sp³-hybridized carbons (Fsp3) is 0.357. The van der Waals surface area contributed by atoms with E-state index in [0.29, 0.717) is 5.69 Å². The quantitative estimate of drug-likeness (QED) is 0.820. The lowest BCUT2D eigenvalue weighted by Gasteiger charge is -2.09. The molecular formula is C14H16BrFN2O3S. The smallest absolute Gasteiger partial charge is 0.154 e. The van der Waals surface area contributed by atoms with Crippen LogP contribution in [0.3, 0.4) is 0 Å². The number of sulfone groups is 1. The molecule has 22 heavy (non-hydrogen) atoms. The Morgan fingerprint density at radius 3 is 2.50 bits per heavy atom. The third kappa shape index (κ3) is 3.93. The lowest BCUT2D eigenvalue weighted by atomic mass is 10.1. The first-order chi connectivity index (χ1) is 10.3. The summed E-state index contributed by atoms with van der Waals surface area (Å²) in [7, 11) is -3.33. The minimum atomic E-state index is -3.33. The number of rotatable bonds is 6. The van der Waals surface area contributed by atoms with E-state index in [9.17, 15) is 12.8 Å². The summed E-state index contributed by atoms with van der Waals surface area (Å²) < 4.78 is 38.8. The van der Waals surface area contributed by atoms with Crippen LogP contribution in [0.5, 0.6) is 0 Å². The van der Waals surface area contributed by atoms with Crippen molar-refractivity contribution in [2.75, 3.05) is 18.1 Å². The molecule has 5 nitrogen and oxygen atoms in total. The highest BCUT2D eigenvalue weighted by Gasteiger charge is 2.17. The molecule has 1 aromatic carbocycles. The topological polar surface area (TPSA) is 72.2 Å². The predicted molar refractivity (Wildman–Crippen MR) is 85.8 cm³/mol. The first-order valence-electron chi connectivity index (χ1n) is 6.64. The third-order valence-corrected chi connectivity index (χ3v) is 5.75. The van der Waals surface area contributed by atoms with Gasteiger partial charge in [-0.2, -0.15) is 5.10 Å². The van der Waals surface area contributed by atoms with Crippen LogP contribution < -0.4 is 0 Å². The van der Waals surface area contributed by atoms with Crippen molar-refractivity contribution in [3.63, 3.8) is 0 Å². The molecule has 120 valence electrons. The number of aliphatic hydroxyl groups excluding tert-OH is 1. The standard InChI is InChI=1S/C14H16BrFN2O3S/c1-10-13(15)14(11-2-4-12(16)5-3-11)18(17-10)6-8-22(20,21)9-7-19/h2-5,19H,6-9H2,1H3. The van der Waals surface area contributed by atoms with Crippen molar-refractivity contribution in [2.45, 2.75) is 13.5 Å². The molecule has 0 fully saturated rings. The molecule has 0 unspecified atom stereocenters. The van der Waals surface area contributed by atoms with Crippen molar-refractivity contribution in [3.8, 4) is 11.3 Å². The summed E-state index contributed by atoms with van der Waals surface area (Å²) in [6.45, 7) is 1.58. The number of halogens is 2. The van der Waals surface area contributed by atoms with Gasteiger partial charge in [-0.05, 0) is 47.1 Å². The number of aliphatic hydroxyl groups is 1. The molecule has 0 saturated carbocycles. The summed E-state index contributed by atoms with van der Waals surface area (Å²) in [6, 6.07) is 5.93. The van der Waals surface area contributed by atoms with Gasteiger partial charge in [0.05, 0.1) is 40.5 Å². The Kier molecular flexibility index (Phi) is 5.36. The molecule has 0 spiro atoms. The van der Waals surface area contributed by atoms with Gasteiger partial charge in [-0.15, -0.1) is 0 Å². The maximum atomic E-state index is 13.1. The van der Waals surface area contributed by atoms with Crippen molar-refractivity contribution in [1.82, 2.24) is 9.78 Å². The van der Waals surface area contributed by atoms with Gasteiger partial charge in [-0.1, -0.05) is 0 Å². The van der Waals surface area contributed by atoms with Gasteiger partial charge in [0, 0.05) is 5.56 Å². The predicted octanol–water partition coefficient (Wildman–Crippen LogP) is 2.17. The molecule has 1 heterocycles. The molecule has 0 bridgehead atoms. The van der Waals surface area contributed by atoms with Gasteiger partial charge < -0.3 is 5.11 Å². The largest absolute Gasteiger partial charge is 0.395 e. The summed E-state index contributed by atoms with van der Waals surface area (Å²) in [4.78, 5) is 0. The molecule has 8 heteroatoms. The lowest BCUT2D eigenvalue weighted by Crippen LogP contribution is -2.19. The van der Waals surface area contributed by atoms with Gasteiger partial charge in [-0.25, -0.2) is 12.8 Å². The molecule has 0 aliphatic carbocycles. The van der Waals surface area contributed by atoms with E-state index in [-0.39, 0.29) is 23.9 Å². The number of aryl methyl sites for hydroxylation is 2. The maximum absolute atomic E-state index is 13.1. The minimum Gasteiger partial charge on any atom is -0.395 e. The van der Waals surface area contributed by atoms with Gasteiger partial charge >= 0.3 is 0 Å². The van der Waals surface area contributed by atoms with Crippen LogP contribution in [0.2, 0.25) is 0 Å². The fourth-order valence-corrected chi connectivity index (χ4v) is 3.52. The van der Waals surface area contributed by atoms with Crippen molar-refractivity contribution >= 4 is 25.8 Å². The summed E-state index contributed by atoms with van der Waals surface area (Å²) >= 11 is 3.44. The van der Waals surface area contributed by atoms with Crippen molar-refractivity contribution < 1.29 is 17.9 Å². The molecule has 2 rings (SSSR count). The summed E-state index contributed by atoms with van der Waals surface area (Å²) in [5.41, 5.74) is 2.17. The van der Waals surface area contributed by atoms with Crippen molar-refractivity contribution in [1.29, 1.82) is 0 Å². The highest BCUT2D eigenvalue weighted by atomic mass is 79.9. The van der Waals surface area contributed by atoms with E-state index < -0.39 is 16.4 Å². The van der Waals surface area contributed by atoms with E-state index >= 15 is 0 Å². The molecule has 1 N–H and O–H groups in total. The average molecular weight is 391 g/mol. The van der Waals surface area contributed by atoms with Crippen LogP contribution in [0.1, 0.15) is 5.69 Å². The van der Waals surface area contributed by atoms with Gasteiger partial charge in [0.15, 0.2) is 9.84 Å². The Labute approximate surface area is 136 Å². The maximum Gasteiger partial charge on any atom is 0.154 e. The Balaban J connectivity index is 2.33. The SMILES string of the molecule is Cc1nn(CCS(=O)(=O)CCO)c(-c2ccc(F)cc2)c1Br. The number of hydrogen-bond acceptors (Lipinski definition) is 4. The molecular weight excluding hydrogens is 375 g/mol. The molecule has 0 aliphatic heterocycles. The molecule has 0 radical (unpaired) electrons. The first-order valence-corrected chi connectivity index (χ1v) is 9.25. The van der Waals surface area contributed by atoms with Crippen LogP contribution in [-0.2, 0) is 16.4 Å². The summed E-state index contributed by atoms with van der Waals surface area (Å²) in [5.74, 6) is -0.719. The van der Waals surface area contributed by atoms with E-state index in [2.05, 4.69) is 21.0 Å². The van der Waals surface area contributed by atoms with Crippen LogP contribution >= 0.6 is 15.9 Å². The van der Waals surface area contributed by atoms with Gasteiger partial charge in [-0.3, -0.25) is 4.68 Å². The first kappa shape index (κ1) is 17.1. The van der Waals surface area contributed by atoms with E-state index in [1.54, 1.807) is 23.7 Å². The third-order valence-electron chi connectivity index (χ3n) is 3.19. The second-order valence-electron chi connectivity index (χ2n) is 4.85. The second-order valence-corrected chi connectivity index (χ2v) is 7.95. The van der Waals surface area contributed by atoms with Crippen LogP contribution in [-0.4, -0.2) is 41.4 Å². The second kappa shape index (κ2) is 6.89. The van der Waals surface area contributed by atoms with Crippen molar-refractivity contribution in [2.24, 2.45) is 0 Å². The van der Waals surface area contributed by atoms with Crippen LogP contribution in [0, 0.1) is 12.7 Å². The van der Waals surface area contributed by atoms with Crippen molar-refractivity contribution in [3.05, 3.63) is 40.2 Å². The highest BCUT2D eigenvalue weighted by molar-refractivity contribution is 9.10.